The maximum absolute atomic E-state index is 12.2. The number of aromatic nitrogens is 1. The minimum Gasteiger partial charge on any atom is -0.398 e. The molecule has 1 aromatic carbocycles. The van der Waals surface area contributed by atoms with Gasteiger partial charge in [0.25, 0.3) is 10.0 Å². The predicted octanol–water partition coefficient (Wildman–Crippen LogP) is 2.54. The van der Waals surface area contributed by atoms with Crippen molar-refractivity contribution >= 4 is 37.3 Å². The van der Waals surface area contributed by atoms with Crippen molar-refractivity contribution in [3.8, 4) is 0 Å². The Morgan fingerprint density at radius 3 is 2.74 bits per heavy atom. The van der Waals surface area contributed by atoms with Gasteiger partial charge in [-0.25, -0.2) is 8.42 Å². The van der Waals surface area contributed by atoms with Crippen molar-refractivity contribution in [2.75, 3.05) is 10.5 Å². The fraction of sp³-hybridized carbons (Fsp3) is 0.0833. The Labute approximate surface area is 120 Å². The first-order valence-corrected chi connectivity index (χ1v) is 7.67. The first-order valence-electron chi connectivity index (χ1n) is 5.39. The number of anilines is 2. The lowest BCUT2D eigenvalue weighted by atomic mass is 10.2. The maximum atomic E-state index is 12.2. The van der Waals surface area contributed by atoms with E-state index < -0.39 is 10.0 Å². The monoisotopic (exact) mass is 341 g/mol. The van der Waals surface area contributed by atoms with Gasteiger partial charge in [0.05, 0.1) is 11.4 Å². The molecule has 2 aromatic rings. The molecule has 19 heavy (non-hydrogen) atoms. The Morgan fingerprint density at radius 2 is 2.05 bits per heavy atom. The van der Waals surface area contributed by atoms with Crippen LogP contribution in [-0.2, 0) is 10.0 Å². The molecule has 0 saturated heterocycles. The molecule has 3 N–H and O–H groups in total. The molecule has 0 radical (unpaired) electrons. The average molecular weight is 342 g/mol. The number of nitrogen functional groups attached to an aromatic ring is 1. The Morgan fingerprint density at radius 1 is 1.32 bits per heavy atom. The second-order valence-electron chi connectivity index (χ2n) is 3.96. The molecule has 0 aliphatic rings. The summed E-state index contributed by atoms with van der Waals surface area (Å²) >= 11 is 3.35. The first-order chi connectivity index (χ1) is 8.92. The van der Waals surface area contributed by atoms with Crippen LogP contribution >= 0.6 is 15.9 Å². The average Bonchev–Trinajstić information content (AvgIpc) is 2.35. The lowest BCUT2D eigenvalue weighted by Crippen LogP contribution is -2.15. The molecule has 0 fully saturated rings. The number of nitrogens with one attached hydrogen (secondary N) is 1. The van der Waals surface area contributed by atoms with E-state index in [0.29, 0.717) is 10.2 Å². The van der Waals surface area contributed by atoms with Crippen LogP contribution in [0.3, 0.4) is 0 Å². The zero-order chi connectivity index (χ0) is 14.0. The highest BCUT2D eigenvalue weighted by molar-refractivity contribution is 9.10. The maximum Gasteiger partial charge on any atom is 0.265 e. The molecule has 5 nitrogen and oxygen atoms in total. The van der Waals surface area contributed by atoms with Crippen LogP contribution in [0.25, 0.3) is 0 Å². The standard InChI is InChI=1S/C12H12BrN3O2S/c1-8-3-2-4-10(12(8)13)16-19(17,18)11-7-15-6-5-9(11)14/h2-7,16H,1H3,(H2,14,15). The van der Waals surface area contributed by atoms with E-state index in [0.717, 1.165) is 5.56 Å². The number of benzene rings is 1. The van der Waals surface area contributed by atoms with E-state index in [4.69, 9.17) is 5.73 Å². The van der Waals surface area contributed by atoms with Crippen LogP contribution in [0.2, 0.25) is 0 Å². The van der Waals surface area contributed by atoms with E-state index in [1.54, 1.807) is 12.1 Å². The Kier molecular flexibility index (Phi) is 3.77. The number of sulfonamides is 1. The number of aryl methyl sites for hydroxylation is 1. The van der Waals surface area contributed by atoms with Crippen molar-refractivity contribution in [1.82, 2.24) is 4.98 Å². The van der Waals surface area contributed by atoms with Crippen molar-refractivity contribution < 1.29 is 8.42 Å². The molecule has 100 valence electrons. The van der Waals surface area contributed by atoms with Crippen LogP contribution in [-0.4, -0.2) is 13.4 Å². The van der Waals surface area contributed by atoms with Crippen molar-refractivity contribution in [3.05, 3.63) is 46.7 Å². The number of hydrogen-bond donors (Lipinski definition) is 2. The smallest absolute Gasteiger partial charge is 0.265 e. The van der Waals surface area contributed by atoms with E-state index in [2.05, 4.69) is 25.6 Å². The molecule has 7 heteroatoms. The molecular weight excluding hydrogens is 330 g/mol. The molecule has 0 atom stereocenters. The molecule has 1 aromatic heterocycles. The first kappa shape index (κ1) is 13.8. The Balaban J connectivity index is 2.43. The molecule has 0 aliphatic heterocycles. The van der Waals surface area contributed by atoms with Crippen LogP contribution in [0.5, 0.6) is 0 Å². The zero-order valence-electron chi connectivity index (χ0n) is 10.1. The van der Waals surface area contributed by atoms with E-state index in [9.17, 15) is 8.42 Å². The summed E-state index contributed by atoms with van der Waals surface area (Å²) in [4.78, 5) is 3.74. The number of rotatable bonds is 3. The molecule has 0 bridgehead atoms. The molecule has 2 rings (SSSR count). The minimum atomic E-state index is -3.75. The van der Waals surface area contributed by atoms with E-state index >= 15 is 0 Å². The van der Waals surface area contributed by atoms with Gasteiger partial charge in [0.2, 0.25) is 0 Å². The topological polar surface area (TPSA) is 85.1 Å². The van der Waals surface area contributed by atoms with Gasteiger partial charge in [0.1, 0.15) is 4.90 Å². The second kappa shape index (κ2) is 5.18. The van der Waals surface area contributed by atoms with Crippen molar-refractivity contribution in [3.63, 3.8) is 0 Å². The third-order valence-corrected chi connectivity index (χ3v) is 5.00. The van der Waals surface area contributed by atoms with E-state index in [1.165, 1.54) is 18.5 Å². The second-order valence-corrected chi connectivity index (χ2v) is 6.40. The van der Waals surface area contributed by atoms with Gasteiger partial charge in [0.15, 0.2) is 0 Å². The normalized spacial score (nSPS) is 11.3. The third kappa shape index (κ3) is 2.87. The molecule has 0 saturated carbocycles. The Hall–Kier alpha value is -1.60. The number of nitrogens with zero attached hydrogens (tertiary/aromatic N) is 1. The number of pyridine rings is 1. The molecule has 0 amide bonds. The van der Waals surface area contributed by atoms with Gasteiger partial charge in [-0.1, -0.05) is 12.1 Å². The fourth-order valence-corrected chi connectivity index (χ4v) is 3.18. The zero-order valence-corrected chi connectivity index (χ0v) is 12.5. The van der Waals surface area contributed by atoms with Gasteiger partial charge >= 0.3 is 0 Å². The molecular formula is C12H12BrN3O2S. The highest BCUT2D eigenvalue weighted by atomic mass is 79.9. The van der Waals surface area contributed by atoms with Crippen molar-refractivity contribution in [1.29, 1.82) is 0 Å². The Bertz CT molecular complexity index is 717. The summed E-state index contributed by atoms with van der Waals surface area (Å²) in [5.41, 5.74) is 7.21. The largest absolute Gasteiger partial charge is 0.398 e. The van der Waals surface area contributed by atoms with Crippen LogP contribution in [0.15, 0.2) is 46.0 Å². The van der Waals surface area contributed by atoms with Crippen LogP contribution in [0.4, 0.5) is 11.4 Å². The van der Waals surface area contributed by atoms with E-state index in [1.807, 2.05) is 13.0 Å². The molecule has 0 unspecified atom stereocenters. The van der Waals surface area contributed by atoms with Crippen molar-refractivity contribution in [2.24, 2.45) is 0 Å². The molecule has 0 spiro atoms. The quantitative estimate of drug-likeness (QED) is 0.898. The fourth-order valence-electron chi connectivity index (χ4n) is 1.54. The summed E-state index contributed by atoms with van der Waals surface area (Å²) in [6, 6.07) is 6.76. The minimum absolute atomic E-state index is 0.0385. The van der Waals surface area contributed by atoms with Crippen LogP contribution < -0.4 is 10.5 Å². The van der Waals surface area contributed by atoms with Gasteiger partial charge < -0.3 is 5.73 Å². The molecule has 1 heterocycles. The van der Waals surface area contributed by atoms with Gasteiger partial charge in [-0.3, -0.25) is 9.71 Å². The molecule has 0 aliphatic carbocycles. The van der Waals surface area contributed by atoms with Gasteiger partial charge in [0, 0.05) is 16.9 Å². The SMILES string of the molecule is Cc1cccc(NS(=O)(=O)c2cnccc2N)c1Br. The lowest BCUT2D eigenvalue weighted by molar-refractivity contribution is 0.601. The number of hydrogen-bond acceptors (Lipinski definition) is 4. The highest BCUT2D eigenvalue weighted by Crippen LogP contribution is 2.28. The van der Waals surface area contributed by atoms with Crippen LogP contribution in [0, 0.1) is 6.92 Å². The number of nitrogens with two attached hydrogens (primary N) is 1. The third-order valence-electron chi connectivity index (χ3n) is 2.54. The van der Waals surface area contributed by atoms with Gasteiger partial charge in [-0.05, 0) is 40.5 Å². The van der Waals surface area contributed by atoms with E-state index in [-0.39, 0.29) is 10.6 Å². The van der Waals surface area contributed by atoms with Crippen molar-refractivity contribution in [2.45, 2.75) is 11.8 Å². The predicted molar refractivity (Wildman–Crippen MR) is 78.3 cm³/mol. The lowest BCUT2D eigenvalue weighted by Gasteiger charge is -2.12. The van der Waals surface area contributed by atoms with Gasteiger partial charge in [-0.15, -0.1) is 0 Å². The summed E-state index contributed by atoms with van der Waals surface area (Å²) in [7, 11) is -3.75. The summed E-state index contributed by atoms with van der Waals surface area (Å²) in [6.07, 6.45) is 2.66. The van der Waals surface area contributed by atoms with Gasteiger partial charge in [-0.2, -0.15) is 0 Å². The number of halogens is 1. The van der Waals surface area contributed by atoms with Crippen LogP contribution in [0.1, 0.15) is 5.56 Å². The summed E-state index contributed by atoms with van der Waals surface area (Å²) in [6.45, 7) is 1.88. The highest BCUT2D eigenvalue weighted by Gasteiger charge is 2.19. The summed E-state index contributed by atoms with van der Waals surface area (Å²) in [5.74, 6) is 0. The summed E-state index contributed by atoms with van der Waals surface area (Å²) in [5, 5.41) is 0. The summed E-state index contributed by atoms with van der Waals surface area (Å²) < 4.78 is 27.7.